The monoisotopic (exact) mass is 294 g/mol. The number of hydrogen-bond donors (Lipinski definition) is 2. The molecule has 1 unspecified atom stereocenters. The van der Waals surface area contributed by atoms with E-state index in [-0.39, 0.29) is 24.3 Å². The Kier molecular flexibility index (Phi) is 6.78. The van der Waals surface area contributed by atoms with Crippen LogP contribution in [0.2, 0.25) is 0 Å². The number of ether oxygens (including phenoxy) is 1. The normalized spacial score (nSPS) is 21.2. The molecule has 1 saturated heterocycles. The number of nitrogens with one attached hydrogen (secondary N) is 1. The zero-order valence-electron chi connectivity index (χ0n) is 9.19. The molecule has 1 atom stereocenters. The van der Waals surface area contributed by atoms with Crippen molar-refractivity contribution in [3.05, 3.63) is 0 Å². The molecule has 0 saturated carbocycles. The third-order valence-corrected chi connectivity index (χ3v) is 3.67. The van der Waals surface area contributed by atoms with Gasteiger partial charge in [-0.2, -0.15) is 0 Å². The van der Waals surface area contributed by atoms with Crippen molar-refractivity contribution in [3.8, 4) is 0 Å². The first-order chi connectivity index (χ1) is 7.35. The van der Waals surface area contributed by atoms with E-state index >= 15 is 0 Å². The zero-order chi connectivity index (χ0) is 12.2. The Hall–Kier alpha value is -0.0200. The highest BCUT2D eigenvalue weighted by molar-refractivity contribution is 7.89. The Labute approximate surface area is 106 Å². The quantitative estimate of drug-likeness (QED) is 0.728. The summed E-state index contributed by atoms with van der Waals surface area (Å²) in [6.07, 6.45) is 1.07. The third kappa shape index (κ3) is 6.46. The molecule has 0 spiro atoms. The van der Waals surface area contributed by atoms with E-state index in [1.54, 1.807) is 0 Å². The lowest BCUT2D eigenvalue weighted by Gasteiger charge is -2.16. The average molecular weight is 295 g/mol. The van der Waals surface area contributed by atoms with E-state index in [9.17, 15) is 17.2 Å². The van der Waals surface area contributed by atoms with Crippen molar-refractivity contribution in [2.24, 2.45) is 5.73 Å². The van der Waals surface area contributed by atoms with Crippen LogP contribution in [-0.4, -0.2) is 45.9 Å². The number of sulfonamides is 1. The maximum absolute atomic E-state index is 12.7. The van der Waals surface area contributed by atoms with Crippen LogP contribution in [0.5, 0.6) is 0 Å². The fraction of sp³-hybridized carbons (Fsp3) is 1.00. The summed E-state index contributed by atoms with van der Waals surface area (Å²) in [5.74, 6) is -3.47. The van der Waals surface area contributed by atoms with Crippen LogP contribution in [0.25, 0.3) is 0 Å². The number of alkyl halides is 2. The predicted octanol–water partition coefficient (Wildman–Crippen LogP) is 0.101. The van der Waals surface area contributed by atoms with E-state index in [0.29, 0.717) is 13.0 Å². The highest BCUT2D eigenvalue weighted by Gasteiger charge is 2.30. The standard InChI is InChI=1S/C8H16F2N2O3S.ClH/c9-8(10,5-11)6-12-16(13,14)4-7-2-1-3-15-7;/h7,12H,1-6,11H2;1H. The minimum Gasteiger partial charge on any atom is -0.377 e. The molecule has 17 heavy (non-hydrogen) atoms. The minimum absolute atomic E-state index is 0. The zero-order valence-corrected chi connectivity index (χ0v) is 10.8. The Balaban J connectivity index is 0.00000256. The van der Waals surface area contributed by atoms with Gasteiger partial charge in [-0.25, -0.2) is 21.9 Å². The van der Waals surface area contributed by atoms with Crippen LogP contribution in [-0.2, 0) is 14.8 Å². The summed E-state index contributed by atoms with van der Waals surface area (Å²) < 4.78 is 55.1. The average Bonchev–Trinajstić information content (AvgIpc) is 2.67. The van der Waals surface area contributed by atoms with Crippen molar-refractivity contribution in [2.75, 3.05) is 25.4 Å². The molecule has 1 rings (SSSR count). The third-order valence-electron chi connectivity index (χ3n) is 2.28. The van der Waals surface area contributed by atoms with Crippen LogP contribution in [0.15, 0.2) is 0 Å². The lowest BCUT2D eigenvalue weighted by atomic mass is 10.3. The topological polar surface area (TPSA) is 81.4 Å². The van der Waals surface area contributed by atoms with Gasteiger partial charge in [-0.05, 0) is 12.8 Å². The Morgan fingerprint density at radius 2 is 2.12 bits per heavy atom. The van der Waals surface area contributed by atoms with Crippen LogP contribution in [0.1, 0.15) is 12.8 Å². The van der Waals surface area contributed by atoms with E-state index in [2.05, 4.69) is 0 Å². The summed E-state index contributed by atoms with van der Waals surface area (Å²) in [4.78, 5) is 0. The summed E-state index contributed by atoms with van der Waals surface area (Å²) in [6, 6.07) is 0. The summed E-state index contributed by atoms with van der Waals surface area (Å²) in [6.45, 7) is -1.31. The summed E-state index contributed by atoms with van der Waals surface area (Å²) in [7, 11) is -3.72. The SMILES string of the molecule is Cl.NCC(F)(F)CNS(=O)(=O)CC1CCCO1. The van der Waals surface area contributed by atoms with Crippen LogP contribution < -0.4 is 10.5 Å². The number of halogens is 3. The second kappa shape index (κ2) is 6.79. The predicted molar refractivity (Wildman–Crippen MR) is 62.0 cm³/mol. The van der Waals surface area contributed by atoms with Gasteiger partial charge in [-0.15, -0.1) is 12.4 Å². The first-order valence-corrected chi connectivity index (χ1v) is 6.67. The molecule has 0 bridgehead atoms. The highest BCUT2D eigenvalue weighted by Crippen LogP contribution is 2.14. The Morgan fingerprint density at radius 3 is 2.59 bits per heavy atom. The Bertz CT molecular complexity index is 321. The van der Waals surface area contributed by atoms with Crippen molar-refractivity contribution in [2.45, 2.75) is 24.9 Å². The maximum atomic E-state index is 12.7. The number of rotatable bonds is 6. The van der Waals surface area contributed by atoms with E-state index in [4.69, 9.17) is 10.5 Å². The van der Waals surface area contributed by atoms with E-state index in [1.807, 2.05) is 4.72 Å². The summed E-state index contributed by atoms with van der Waals surface area (Å²) in [5.41, 5.74) is 4.79. The molecule has 3 N–H and O–H groups in total. The second-order valence-corrected chi connectivity index (χ2v) is 5.65. The maximum Gasteiger partial charge on any atom is 0.273 e. The van der Waals surface area contributed by atoms with Gasteiger partial charge in [-0.3, -0.25) is 0 Å². The van der Waals surface area contributed by atoms with Gasteiger partial charge in [0.05, 0.1) is 24.9 Å². The lowest BCUT2D eigenvalue weighted by Crippen LogP contribution is -2.43. The molecule has 9 heteroatoms. The fourth-order valence-electron chi connectivity index (χ4n) is 1.37. The Morgan fingerprint density at radius 1 is 1.47 bits per heavy atom. The molecule has 1 aliphatic heterocycles. The van der Waals surface area contributed by atoms with Crippen LogP contribution in [0.3, 0.4) is 0 Å². The van der Waals surface area contributed by atoms with E-state index in [1.165, 1.54) is 0 Å². The fourth-order valence-corrected chi connectivity index (χ4v) is 2.67. The van der Waals surface area contributed by atoms with Gasteiger partial charge in [0.1, 0.15) is 0 Å². The van der Waals surface area contributed by atoms with Gasteiger partial charge in [-0.1, -0.05) is 0 Å². The molecular weight excluding hydrogens is 278 g/mol. The number of nitrogens with two attached hydrogens (primary N) is 1. The van der Waals surface area contributed by atoms with Crippen LogP contribution in [0.4, 0.5) is 8.78 Å². The molecule has 0 aliphatic carbocycles. The minimum atomic E-state index is -3.72. The smallest absolute Gasteiger partial charge is 0.273 e. The van der Waals surface area contributed by atoms with Crippen LogP contribution in [0, 0.1) is 0 Å². The number of hydrogen-bond acceptors (Lipinski definition) is 4. The van der Waals surface area contributed by atoms with Gasteiger partial charge in [0.2, 0.25) is 10.0 Å². The molecule has 0 amide bonds. The van der Waals surface area contributed by atoms with Gasteiger partial charge in [0.15, 0.2) is 0 Å². The largest absolute Gasteiger partial charge is 0.377 e. The summed E-state index contributed by atoms with van der Waals surface area (Å²) >= 11 is 0. The van der Waals surface area contributed by atoms with E-state index < -0.39 is 29.0 Å². The van der Waals surface area contributed by atoms with Gasteiger partial charge in [0, 0.05) is 6.61 Å². The van der Waals surface area contributed by atoms with Crippen molar-refractivity contribution < 1.29 is 21.9 Å². The lowest BCUT2D eigenvalue weighted by molar-refractivity contribution is 0.0169. The molecule has 0 aromatic heterocycles. The summed E-state index contributed by atoms with van der Waals surface area (Å²) in [5, 5.41) is 0. The first-order valence-electron chi connectivity index (χ1n) is 5.01. The highest BCUT2D eigenvalue weighted by atomic mass is 35.5. The first kappa shape index (κ1) is 17.0. The molecule has 1 fully saturated rings. The van der Waals surface area contributed by atoms with Crippen molar-refractivity contribution in [1.82, 2.24) is 4.72 Å². The van der Waals surface area contributed by atoms with Crippen molar-refractivity contribution >= 4 is 22.4 Å². The molecule has 5 nitrogen and oxygen atoms in total. The molecular formula is C8H17ClF2N2O3S. The van der Waals surface area contributed by atoms with Gasteiger partial charge >= 0.3 is 0 Å². The van der Waals surface area contributed by atoms with Gasteiger partial charge in [0.25, 0.3) is 5.92 Å². The molecule has 1 heterocycles. The van der Waals surface area contributed by atoms with Crippen molar-refractivity contribution in [3.63, 3.8) is 0 Å². The molecule has 0 radical (unpaired) electrons. The molecule has 0 aromatic rings. The second-order valence-electron chi connectivity index (χ2n) is 3.80. The van der Waals surface area contributed by atoms with Gasteiger partial charge < -0.3 is 10.5 Å². The molecule has 1 aliphatic rings. The van der Waals surface area contributed by atoms with E-state index in [0.717, 1.165) is 6.42 Å². The molecule has 104 valence electrons. The molecule has 0 aromatic carbocycles. The van der Waals surface area contributed by atoms with Crippen molar-refractivity contribution in [1.29, 1.82) is 0 Å². The van der Waals surface area contributed by atoms with Crippen LogP contribution >= 0.6 is 12.4 Å².